The molecule has 5 nitrogen and oxygen atoms in total. The number of benzene rings is 2. The minimum Gasteiger partial charge on any atom is -0.454 e. The fourth-order valence-electron chi connectivity index (χ4n) is 2.17. The third kappa shape index (κ3) is 3.92. The van der Waals surface area contributed by atoms with Crippen molar-refractivity contribution in [3.63, 3.8) is 0 Å². The molecule has 7 heteroatoms. The predicted octanol–water partition coefficient (Wildman–Crippen LogP) is 3.68. The van der Waals surface area contributed by atoms with E-state index in [4.69, 9.17) is 9.47 Å². The minimum absolute atomic E-state index is 0.133. The van der Waals surface area contributed by atoms with Crippen molar-refractivity contribution in [2.75, 3.05) is 18.7 Å². The van der Waals surface area contributed by atoms with Gasteiger partial charge in [-0.2, -0.15) is 0 Å². The second-order valence-corrected chi connectivity index (χ2v) is 5.86. The van der Waals surface area contributed by atoms with Crippen LogP contribution in [-0.4, -0.2) is 19.4 Å². The first kappa shape index (κ1) is 15.6. The first-order valence-corrected chi connectivity index (χ1v) is 7.79. The largest absolute Gasteiger partial charge is 0.454 e. The molecule has 120 valence electrons. The molecule has 0 aliphatic carbocycles. The van der Waals surface area contributed by atoms with Crippen LogP contribution in [0.4, 0.5) is 14.9 Å². The number of rotatable bonds is 4. The number of amides is 2. The van der Waals surface area contributed by atoms with Gasteiger partial charge in [-0.05, 0) is 42.3 Å². The second-order valence-electron chi connectivity index (χ2n) is 4.94. The van der Waals surface area contributed by atoms with Crippen molar-refractivity contribution in [2.24, 2.45) is 0 Å². The predicted molar refractivity (Wildman–Crippen MR) is 87.4 cm³/mol. The third-order valence-corrected chi connectivity index (χ3v) is 3.81. The van der Waals surface area contributed by atoms with Crippen LogP contribution in [-0.2, 0) is 6.42 Å². The van der Waals surface area contributed by atoms with E-state index in [1.165, 1.54) is 12.1 Å². The van der Waals surface area contributed by atoms with Crippen molar-refractivity contribution in [1.29, 1.82) is 0 Å². The summed E-state index contributed by atoms with van der Waals surface area (Å²) in [6, 6.07) is 9.64. The number of carbonyl (C=O) groups excluding carboxylic acids is 1. The zero-order valence-electron chi connectivity index (χ0n) is 12.1. The average Bonchev–Trinajstić information content (AvgIpc) is 2.98. The molecule has 0 fully saturated rings. The molecule has 2 N–H and O–H groups in total. The Labute approximate surface area is 140 Å². The van der Waals surface area contributed by atoms with Gasteiger partial charge in [-0.25, -0.2) is 9.18 Å². The minimum atomic E-state index is -0.495. The van der Waals surface area contributed by atoms with Crippen LogP contribution in [0.15, 0.2) is 40.9 Å². The number of halogens is 2. The van der Waals surface area contributed by atoms with E-state index in [0.29, 0.717) is 23.2 Å². The molecule has 0 saturated heterocycles. The SMILES string of the molecule is O=C(NCCc1ccc2c(c1)OCO2)Nc1ccc(Br)cc1F. The molecular formula is C16H14BrFN2O3. The summed E-state index contributed by atoms with van der Waals surface area (Å²) in [4.78, 5) is 11.8. The maximum absolute atomic E-state index is 13.6. The standard InChI is InChI=1S/C16H14BrFN2O3/c17-11-2-3-13(12(18)8-11)20-16(21)19-6-5-10-1-4-14-15(7-10)23-9-22-14/h1-4,7-8H,5-6,9H2,(H2,19,20,21). The average molecular weight is 381 g/mol. The molecule has 0 radical (unpaired) electrons. The van der Waals surface area contributed by atoms with Gasteiger partial charge in [0.25, 0.3) is 0 Å². The van der Waals surface area contributed by atoms with Crippen LogP contribution in [0.5, 0.6) is 11.5 Å². The van der Waals surface area contributed by atoms with Gasteiger partial charge < -0.3 is 20.1 Å². The summed E-state index contributed by atoms with van der Waals surface area (Å²) in [5, 5.41) is 5.16. The highest BCUT2D eigenvalue weighted by Gasteiger charge is 2.13. The summed E-state index contributed by atoms with van der Waals surface area (Å²) in [7, 11) is 0. The lowest BCUT2D eigenvalue weighted by Crippen LogP contribution is -2.30. The molecule has 1 heterocycles. The van der Waals surface area contributed by atoms with Gasteiger partial charge in [0.05, 0.1) is 5.69 Å². The lowest BCUT2D eigenvalue weighted by molar-refractivity contribution is 0.174. The van der Waals surface area contributed by atoms with Crippen molar-refractivity contribution in [2.45, 2.75) is 6.42 Å². The molecule has 1 aliphatic rings. The maximum Gasteiger partial charge on any atom is 0.319 e. The quantitative estimate of drug-likeness (QED) is 0.850. The molecule has 0 saturated carbocycles. The molecule has 2 amide bonds. The van der Waals surface area contributed by atoms with E-state index in [9.17, 15) is 9.18 Å². The van der Waals surface area contributed by atoms with Gasteiger partial charge in [-0.1, -0.05) is 22.0 Å². The van der Waals surface area contributed by atoms with Gasteiger partial charge in [-0.15, -0.1) is 0 Å². The number of nitrogens with one attached hydrogen (secondary N) is 2. The smallest absolute Gasteiger partial charge is 0.319 e. The Balaban J connectivity index is 1.49. The highest BCUT2D eigenvalue weighted by atomic mass is 79.9. The van der Waals surface area contributed by atoms with Crippen LogP contribution in [0.25, 0.3) is 0 Å². The van der Waals surface area contributed by atoms with E-state index >= 15 is 0 Å². The van der Waals surface area contributed by atoms with Crippen LogP contribution in [0.3, 0.4) is 0 Å². The summed E-state index contributed by atoms with van der Waals surface area (Å²) in [5.41, 5.74) is 1.15. The topological polar surface area (TPSA) is 59.6 Å². The molecule has 23 heavy (non-hydrogen) atoms. The maximum atomic E-state index is 13.6. The normalized spacial score (nSPS) is 12.1. The second kappa shape index (κ2) is 6.87. The molecular weight excluding hydrogens is 367 g/mol. The van der Waals surface area contributed by atoms with Crippen molar-refractivity contribution < 1.29 is 18.7 Å². The summed E-state index contributed by atoms with van der Waals surface area (Å²) in [5.74, 6) is 0.944. The summed E-state index contributed by atoms with van der Waals surface area (Å²) < 4.78 is 24.8. The lowest BCUT2D eigenvalue weighted by Gasteiger charge is -2.09. The number of carbonyl (C=O) groups is 1. The number of hydrogen-bond acceptors (Lipinski definition) is 3. The summed E-state index contributed by atoms with van der Waals surface area (Å²) in [6.45, 7) is 0.655. The molecule has 3 rings (SSSR count). The van der Waals surface area contributed by atoms with Crippen molar-refractivity contribution in [1.82, 2.24) is 5.32 Å². The van der Waals surface area contributed by atoms with Crippen LogP contribution in [0.1, 0.15) is 5.56 Å². The van der Waals surface area contributed by atoms with Crippen LogP contribution in [0, 0.1) is 5.82 Å². The molecule has 0 unspecified atom stereocenters. The fourth-order valence-corrected chi connectivity index (χ4v) is 2.51. The van der Waals surface area contributed by atoms with Gasteiger partial charge in [-0.3, -0.25) is 0 Å². The molecule has 0 spiro atoms. The van der Waals surface area contributed by atoms with E-state index in [1.807, 2.05) is 18.2 Å². The first-order chi connectivity index (χ1) is 11.1. The Morgan fingerprint density at radius 1 is 1.17 bits per heavy atom. The molecule has 0 atom stereocenters. The monoisotopic (exact) mass is 380 g/mol. The Morgan fingerprint density at radius 2 is 2.00 bits per heavy atom. The zero-order chi connectivity index (χ0) is 16.2. The van der Waals surface area contributed by atoms with Crippen molar-refractivity contribution in [3.8, 4) is 11.5 Å². The Hall–Kier alpha value is -2.28. The molecule has 0 aromatic heterocycles. The van der Waals surface area contributed by atoms with Gasteiger partial charge in [0.1, 0.15) is 5.82 Å². The van der Waals surface area contributed by atoms with E-state index in [-0.39, 0.29) is 12.5 Å². The third-order valence-electron chi connectivity index (χ3n) is 3.32. The van der Waals surface area contributed by atoms with Crippen LogP contribution >= 0.6 is 15.9 Å². The lowest BCUT2D eigenvalue weighted by atomic mass is 10.1. The summed E-state index contributed by atoms with van der Waals surface area (Å²) in [6.07, 6.45) is 0.632. The Bertz CT molecular complexity index is 739. The molecule has 1 aliphatic heterocycles. The molecule has 2 aromatic carbocycles. The fraction of sp³-hybridized carbons (Fsp3) is 0.188. The van der Waals surface area contributed by atoms with Gasteiger partial charge >= 0.3 is 6.03 Å². The molecule has 0 bridgehead atoms. The highest BCUT2D eigenvalue weighted by Crippen LogP contribution is 2.32. The van der Waals surface area contributed by atoms with Gasteiger partial charge in [0, 0.05) is 11.0 Å². The zero-order valence-corrected chi connectivity index (χ0v) is 13.7. The number of hydrogen-bond donors (Lipinski definition) is 2. The number of ether oxygens (including phenoxy) is 2. The van der Waals surface area contributed by atoms with Crippen molar-refractivity contribution in [3.05, 3.63) is 52.3 Å². The Kier molecular flexibility index (Phi) is 4.66. The van der Waals surface area contributed by atoms with E-state index in [0.717, 1.165) is 11.3 Å². The van der Waals surface area contributed by atoms with E-state index < -0.39 is 11.8 Å². The van der Waals surface area contributed by atoms with E-state index in [2.05, 4.69) is 26.6 Å². The molecule has 2 aromatic rings. The summed E-state index contributed by atoms with van der Waals surface area (Å²) >= 11 is 3.16. The van der Waals surface area contributed by atoms with E-state index in [1.54, 1.807) is 6.07 Å². The Morgan fingerprint density at radius 3 is 2.83 bits per heavy atom. The number of fused-ring (bicyclic) bond motifs is 1. The van der Waals surface area contributed by atoms with Gasteiger partial charge in [0.15, 0.2) is 11.5 Å². The first-order valence-electron chi connectivity index (χ1n) is 7.00. The number of urea groups is 1. The highest BCUT2D eigenvalue weighted by molar-refractivity contribution is 9.10. The van der Waals surface area contributed by atoms with Crippen LogP contribution < -0.4 is 20.1 Å². The van der Waals surface area contributed by atoms with Crippen LogP contribution in [0.2, 0.25) is 0 Å². The number of anilines is 1. The van der Waals surface area contributed by atoms with Crippen molar-refractivity contribution >= 4 is 27.6 Å². The van der Waals surface area contributed by atoms with Gasteiger partial charge in [0.2, 0.25) is 6.79 Å².